The van der Waals surface area contributed by atoms with E-state index in [-0.39, 0.29) is 0 Å². The molecule has 1 heterocycles. The van der Waals surface area contributed by atoms with E-state index < -0.39 is 0 Å². The molecule has 0 aliphatic heterocycles. The number of benzene rings is 2. The van der Waals surface area contributed by atoms with Crippen LogP contribution in [0.25, 0.3) is 16.9 Å². The molecule has 0 aliphatic carbocycles. The molecule has 0 radical (unpaired) electrons. The Bertz CT molecular complexity index is 733. The number of hydrogen-bond donors (Lipinski definition) is 1. The molecule has 0 bridgehead atoms. The molecule has 2 aromatic carbocycles. The molecule has 0 amide bonds. The van der Waals surface area contributed by atoms with E-state index in [0.29, 0.717) is 13.2 Å². The van der Waals surface area contributed by atoms with E-state index in [2.05, 4.69) is 5.10 Å². The summed E-state index contributed by atoms with van der Waals surface area (Å²) in [4.78, 5) is 0. The second-order valence-corrected chi connectivity index (χ2v) is 4.93. The van der Waals surface area contributed by atoms with E-state index in [0.717, 1.165) is 28.4 Å². The summed E-state index contributed by atoms with van der Waals surface area (Å²) in [6, 6.07) is 20.1. The van der Waals surface area contributed by atoms with Crippen LogP contribution in [-0.4, -0.2) is 16.4 Å². The number of ether oxygens (including phenoxy) is 1. The van der Waals surface area contributed by atoms with Crippen molar-refractivity contribution in [1.82, 2.24) is 9.78 Å². The lowest BCUT2D eigenvalue weighted by Crippen LogP contribution is -2.01. The molecular weight excluding hydrogens is 274 g/mol. The van der Waals surface area contributed by atoms with Crippen molar-refractivity contribution in [1.29, 1.82) is 0 Å². The normalized spacial score (nSPS) is 10.6. The van der Waals surface area contributed by atoms with Crippen LogP contribution in [0.2, 0.25) is 0 Å². The summed E-state index contributed by atoms with van der Waals surface area (Å²) in [7, 11) is 0. The number of nitrogens with two attached hydrogens (primary N) is 1. The molecule has 4 heteroatoms. The third-order valence-electron chi connectivity index (χ3n) is 3.43. The fraction of sp³-hybridized carbons (Fsp3) is 0.167. The fourth-order valence-electron chi connectivity index (χ4n) is 2.39. The van der Waals surface area contributed by atoms with Crippen LogP contribution >= 0.6 is 0 Å². The topological polar surface area (TPSA) is 53.1 Å². The van der Waals surface area contributed by atoms with Gasteiger partial charge in [0.15, 0.2) is 0 Å². The molecule has 0 fully saturated rings. The van der Waals surface area contributed by atoms with Crippen LogP contribution in [0.3, 0.4) is 0 Å². The number of nitrogens with zero attached hydrogens (tertiary/aromatic N) is 2. The molecule has 0 saturated heterocycles. The van der Waals surface area contributed by atoms with Gasteiger partial charge in [-0.1, -0.05) is 18.2 Å². The lowest BCUT2D eigenvalue weighted by atomic mass is 10.1. The van der Waals surface area contributed by atoms with Gasteiger partial charge in [0, 0.05) is 12.1 Å². The molecule has 4 nitrogen and oxygen atoms in total. The number of rotatable bonds is 5. The summed E-state index contributed by atoms with van der Waals surface area (Å²) in [5.74, 6) is 0.871. The van der Waals surface area contributed by atoms with E-state index >= 15 is 0 Å². The van der Waals surface area contributed by atoms with Crippen molar-refractivity contribution in [2.24, 2.45) is 5.73 Å². The van der Waals surface area contributed by atoms with Crippen molar-refractivity contribution in [3.05, 3.63) is 66.4 Å². The third-order valence-corrected chi connectivity index (χ3v) is 3.43. The van der Waals surface area contributed by atoms with E-state index in [1.165, 1.54) is 0 Å². The van der Waals surface area contributed by atoms with Crippen LogP contribution in [0.4, 0.5) is 0 Å². The second kappa shape index (κ2) is 6.45. The first kappa shape index (κ1) is 14.4. The molecule has 112 valence electrons. The second-order valence-electron chi connectivity index (χ2n) is 4.93. The molecule has 22 heavy (non-hydrogen) atoms. The number of aromatic nitrogens is 2. The Labute approximate surface area is 130 Å². The first-order valence-corrected chi connectivity index (χ1v) is 7.39. The van der Waals surface area contributed by atoms with Gasteiger partial charge in [-0.05, 0) is 49.4 Å². The molecular formula is C18H19N3O. The fourth-order valence-corrected chi connectivity index (χ4v) is 2.39. The highest BCUT2D eigenvalue weighted by Crippen LogP contribution is 2.26. The number of hydrogen-bond acceptors (Lipinski definition) is 3. The molecule has 3 aromatic rings. The summed E-state index contributed by atoms with van der Waals surface area (Å²) in [6.07, 6.45) is 0. The van der Waals surface area contributed by atoms with Crippen LogP contribution in [0.15, 0.2) is 60.7 Å². The highest BCUT2D eigenvalue weighted by molar-refractivity contribution is 5.63. The highest BCUT2D eigenvalue weighted by atomic mass is 16.5. The van der Waals surface area contributed by atoms with Gasteiger partial charge in [-0.2, -0.15) is 5.10 Å². The average molecular weight is 293 g/mol. The summed E-state index contributed by atoms with van der Waals surface area (Å²) in [5, 5.41) is 4.59. The molecule has 0 aliphatic rings. The third kappa shape index (κ3) is 2.87. The van der Waals surface area contributed by atoms with Gasteiger partial charge in [-0.25, -0.2) is 4.68 Å². The van der Waals surface area contributed by atoms with Crippen molar-refractivity contribution < 1.29 is 4.74 Å². The first-order valence-electron chi connectivity index (χ1n) is 7.39. The van der Waals surface area contributed by atoms with E-state index in [1.807, 2.05) is 72.3 Å². The molecule has 1 aromatic heterocycles. The largest absolute Gasteiger partial charge is 0.494 e. The van der Waals surface area contributed by atoms with Gasteiger partial charge >= 0.3 is 0 Å². The lowest BCUT2D eigenvalue weighted by Gasteiger charge is -2.08. The maximum atomic E-state index is 5.76. The number of para-hydroxylation sites is 1. The van der Waals surface area contributed by atoms with Gasteiger partial charge in [-0.15, -0.1) is 0 Å². The zero-order valence-electron chi connectivity index (χ0n) is 12.6. The van der Waals surface area contributed by atoms with Crippen molar-refractivity contribution in [3.8, 4) is 22.7 Å². The van der Waals surface area contributed by atoms with Gasteiger partial charge < -0.3 is 10.5 Å². The maximum absolute atomic E-state index is 5.76. The van der Waals surface area contributed by atoms with Crippen LogP contribution in [0.5, 0.6) is 5.75 Å². The Morgan fingerprint density at radius 2 is 1.77 bits per heavy atom. The van der Waals surface area contributed by atoms with Gasteiger partial charge in [0.05, 0.1) is 23.7 Å². The van der Waals surface area contributed by atoms with Crippen molar-refractivity contribution in [3.63, 3.8) is 0 Å². The zero-order valence-corrected chi connectivity index (χ0v) is 12.6. The summed E-state index contributed by atoms with van der Waals surface area (Å²) in [5.41, 5.74) is 9.75. The van der Waals surface area contributed by atoms with E-state index in [1.54, 1.807) is 0 Å². The van der Waals surface area contributed by atoms with Crippen molar-refractivity contribution in [2.45, 2.75) is 13.5 Å². The highest BCUT2D eigenvalue weighted by Gasteiger charge is 2.11. The average Bonchev–Trinajstić information content (AvgIpc) is 3.01. The SMILES string of the molecule is CCOc1ccc(-c2cc(CN)nn2-c2ccccc2)cc1. The lowest BCUT2D eigenvalue weighted by molar-refractivity contribution is 0.340. The maximum Gasteiger partial charge on any atom is 0.119 e. The van der Waals surface area contributed by atoms with Crippen molar-refractivity contribution in [2.75, 3.05) is 6.61 Å². The first-order chi connectivity index (χ1) is 10.8. The molecule has 0 spiro atoms. The summed E-state index contributed by atoms with van der Waals surface area (Å²) >= 11 is 0. The molecule has 2 N–H and O–H groups in total. The minimum absolute atomic E-state index is 0.420. The Kier molecular flexibility index (Phi) is 4.21. The van der Waals surface area contributed by atoms with Gasteiger partial charge in [0.25, 0.3) is 0 Å². The van der Waals surface area contributed by atoms with Gasteiger partial charge in [0.1, 0.15) is 5.75 Å². The monoisotopic (exact) mass is 293 g/mol. The van der Waals surface area contributed by atoms with Gasteiger partial charge in [0.2, 0.25) is 0 Å². The van der Waals surface area contributed by atoms with E-state index in [4.69, 9.17) is 10.5 Å². The zero-order chi connectivity index (χ0) is 15.4. The van der Waals surface area contributed by atoms with Crippen LogP contribution < -0.4 is 10.5 Å². The predicted octanol–water partition coefficient (Wildman–Crippen LogP) is 3.40. The summed E-state index contributed by atoms with van der Waals surface area (Å²) in [6.45, 7) is 3.06. The molecule has 0 unspecified atom stereocenters. The van der Waals surface area contributed by atoms with Gasteiger partial charge in [-0.3, -0.25) is 0 Å². The van der Waals surface area contributed by atoms with Crippen LogP contribution in [0.1, 0.15) is 12.6 Å². The van der Waals surface area contributed by atoms with Crippen molar-refractivity contribution >= 4 is 0 Å². The Morgan fingerprint density at radius 3 is 2.41 bits per heavy atom. The van der Waals surface area contributed by atoms with E-state index in [9.17, 15) is 0 Å². The minimum Gasteiger partial charge on any atom is -0.494 e. The van der Waals surface area contributed by atoms with Crippen LogP contribution in [-0.2, 0) is 6.54 Å². The Balaban J connectivity index is 2.04. The standard InChI is InChI=1S/C18H19N3O/c1-2-22-17-10-8-14(9-11-17)18-12-15(13-19)20-21(18)16-6-4-3-5-7-16/h3-12H,2,13,19H2,1H3. The molecule has 0 atom stereocenters. The predicted molar refractivity (Wildman–Crippen MR) is 88.1 cm³/mol. The Morgan fingerprint density at radius 1 is 1.05 bits per heavy atom. The van der Waals surface area contributed by atoms with Crippen LogP contribution in [0, 0.1) is 0 Å². The summed E-state index contributed by atoms with van der Waals surface area (Å²) < 4.78 is 7.42. The Hall–Kier alpha value is -2.59. The molecule has 0 saturated carbocycles. The minimum atomic E-state index is 0.420. The quantitative estimate of drug-likeness (QED) is 0.784. The smallest absolute Gasteiger partial charge is 0.119 e. The molecule has 3 rings (SSSR count).